The zero-order valence-corrected chi connectivity index (χ0v) is 32.9. The van der Waals surface area contributed by atoms with Crippen LogP contribution in [0.5, 0.6) is 0 Å². The van der Waals surface area contributed by atoms with Crippen LogP contribution in [-0.2, 0) is 27.9 Å². The Bertz CT molecular complexity index is 1660. The third-order valence-electron chi connectivity index (χ3n) is 10.4. The Balaban J connectivity index is 1.53. The molecule has 9 heteroatoms. The number of benzene rings is 4. The van der Waals surface area contributed by atoms with Crippen LogP contribution < -0.4 is 20.7 Å². The maximum absolute atomic E-state index is 13.4. The lowest BCUT2D eigenvalue weighted by Gasteiger charge is -2.48. The molecule has 2 saturated heterocycles. The summed E-state index contributed by atoms with van der Waals surface area (Å²) < 4.78 is 33.8. The first-order valence-corrected chi connectivity index (χ1v) is 21.9. The SMILES string of the molecule is CCOC(=O)[C@]12C[C@H](O)[C@@H](O1)[C@@H]([C@@H](CO[Si](c1ccccc1)(c1ccccc1)C(C)(C)C)O[Si](c1ccccc1)(c1ccccc1)C(C)(C)C)O2. The maximum Gasteiger partial charge on any atom is 0.366 e. The van der Waals surface area contributed by atoms with Gasteiger partial charge in [0.15, 0.2) is 0 Å². The number of carbonyl (C=O) groups excluding carboxylic acids is 1. The quantitative estimate of drug-likeness (QED) is 0.157. The molecule has 2 fully saturated rings. The molecule has 4 aromatic rings. The number of aliphatic hydroxyl groups excluding tert-OH is 1. The molecule has 2 heterocycles. The zero-order valence-electron chi connectivity index (χ0n) is 30.9. The molecular weight excluding hydrogens is 673 g/mol. The Morgan fingerprint density at radius 1 is 0.725 bits per heavy atom. The summed E-state index contributed by atoms with van der Waals surface area (Å²) in [5, 5.41) is 15.3. The van der Waals surface area contributed by atoms with Crippen LogP contribution in [0.1, 0.15) is 54.9 Å². The van der Waals surface area contributed by atoms with Crippen molar-refractivity contribution in [2.24, 2.45) is 0 Å². The highest BCUT2D eigenvalue weighted by Gasteiger charge is 2.66. The lowest BCUT2D eigenvalue weighted by molar-refractivity contribution is -0.213. The van der Waals surface area contributed by atoms with E-state index in [0.717, 1.165) is 20.7 Å². The standard InChI is InChI=1S/C42H52O7Si2/c1-8-45-39(44)42-29-35(43)37(47-42)38(48-42)36(49-51(41(5,6)7,33-25-17-11-18-26-33)34-27-19-12-20-28-34)30-46-50(40(2,3)4,31-21-13-9-14-22-31)32-23-15-10-16-24-32/h9-28,35-38,43H,8,29-30H2,1-7H3/t35-,36+,37+,38+,42+/m0/s1. The number of hydrogen-bond donors (Lipinski definition) is 1. The molecule has 0 spiro atoms. The van der Waals surface area contributed by atoms with Crippen molar-refractivity contribution in [2.45, 2.75) is 95.2 Å². The van der Waals surface area contributed by atoms with E-state index in [9.17, 15) is 9.90 Å². The van der Waals surface area contributed by atoms with E-state index in [4.69, 9.17) is 23.1 Å². The molecule has 2 aliphatic rings. The van der Waals surface area contributed by atoms with Gasteiger partial charge in [-0.3, -0.25) is 0 Å². The van der Waals surface area contributed by atoms with E-state index in [-0.39, 0.29) is 29.7 Å². The number of ether oxygens (including phenoxy) is 3. The lowest BCUT2D eigenvalue weighted by Crippen LogP contribution is -2.71. The van der Waals surface area contributed by atoms with Crippen molar-refractivity contribution in [3.8, 4) is 0 Å². The number of rotatable bonds is 12. The molecule has 5 atom stereocenters. The predicted molar refractivity (Wildman–Crippen MR) is 206 cm³/mol. The summed E-state index contributed by atoms with van der Waals surface area (Å²) in [6.45, 7) is 15.5. The van der Waals surface area contributed by atoms with E-state index < -0.39 is 52.8 Å². The summed E-state index contributed by atoms with van der Waals surface area (Å²) in [5.41, 5.74) is 0. The summed E-state index contributed by atoms with van der Waals surface area (Å²) in [6.07, 6.45) is -3.34. The van der Waals surface area contributed by atoms with E-state index in [1.807, 2.05) is 24.3 Å². The molecule has 7 nitrogen and oxygen atoms in total. The molecule has 1 N–H and O–H groups in total. The predicted octanol–water partition coefficient (Wildman–Crippen LogP) is 5.32. The van der Waals surface area contributed by atoms with Gasteiger partial charge in [-0.25, -0.2) is 4.79 Å². The van der Waals surface area contributed by atoms with Crippen molar-refractivity contribution >= 4 is 43.4 Å². The minimum Gasteiger partial charge on any atom is -0.462 e. The van der Waals surface area contributed by atoms with Gasteiger partial charge in [0.05, 0.1) is 25.4 Å². The lowest BCUT2D eigenvalue weighted by atomic mass is 9.98. The number of hydrogen-bond acceptors (Lipinski definition) is 7. The van der Waals surface area contributed by atoms with Gasteiger partial charge in [0.2, 0.25) is 0 Å². The highest BCUT2D eigenvalue weighted by Crippen LogP contribution is 2.47. The van der Waals surface area contributed by atoms with Gasteiger partial charge in [0.1, 0.15) is 12.2 Å². The molecular formula is C42H52O7Si2. The zero-order chi connectivity index (χ0) is 36.5. The van der Waals surface area contributed by atoms with E-state index in [2.05, 4.69) is 139 Å². The summed E-state index contributed by atoms with van der Waals surface area (Å²) in [6, 6.07) is 41.9. The Morgan fingerprint density at radius 2 is 1.14 bits per heavy atom. The van der Waals surface area contributed by atoms with Gasteiger partial charge >= 0.3 is 5.97 Å². The number of fused-ring (bicyclic) bond motifs is 2. The molecule has 0 unspecified atom stereocenters. The first-order chi connectivity index (χ1) is 24.3. The van der Waals surface area contributed by atoms with Crippen LogP contribution in [0.2, 0.25) is 10.1 Å². The van der Waals surface area contributed by atoms with Gasteiger partial charge < -0.3 is 28.2 Å². The molecule has 0 amide bonds. The molecule has 0 aliphatic carbocycles. The van der Waals surface area contributed by atoms with Crippen LogP contribution in [-0.4, -0.2) is 71.1 Å². The van der Waals surface area contributed by atoms with Crippen molar-refractivity contribution in [3.63, 3.8) is 0 Å². The van der Waals surface area contributed by atoms with Gasteiger partial charge in [-0.1, -0.05) is 163 Å². The van der Waals surface area contributed by atoms with E-state index >= 15 is 0 Å². The fraction of sp³-hybridized carbons (Fsp3) is 0.405. The molecule has 6 rings (SSSR count). The van der Waals surface area contributed by atoms with Crippen LogP contribution in [0.4, 0.5) is 0 Å². The van der Waals surface area contributed by atoms with Crippen LogP contribution in [0.3, 0.4) is 0 Å². The smallest absolute Gasteiger partial charge is 0.366 e. The Morgan fingerprint density at radius 3 is 1.53 bits per heavy atom. The van der Waals surface area contributed by atoms with Crippen molar-refractivity contribution in [1.82, 2.24) is 0 Å². The van der Waals surface area contributed by atoms with Gasteiger partial charge in [0.25, 0.3) is 22.4 Å². The molecule has 270 valence electrons. The van der Waals surface area contributed by atoms with Crippen molar-refractivity contribution in [2.75, 3.05) is 13.2 Å². The van der Waals surface area contributed by atoms with Gasteiger partial charge in [0, 0.05) is 6.42 Å². The van der Waals surface area contributed by atoms with E-state index in [1.54, 1.807) is 6.92 Å². The molecule has 2 aliphatic heterocycles. The average molecular weight is 725 g/mol. The second-order valence-electron chi connectivity index (χ2n) is 15.7. The topological polar surface area (TPSA) is 83.5 Å². The van der Waals surface area contributed by atoms with Crippen molar-refractivity contribution < 1.29 is 33.0 Å². The highest BCUT2D eigenvalue weighted by molar-refractivity contribution is 7.00. The summed E-state index contributed by atoms with van der Waals surface area (Å²) in [4.78, 5) is 13.4. The minimum absolute atomic E-state index is 0.00546. The summed E-state index contributed by atoms with van der Waals surface area (Å²) in [7, 11) is -6.24. The number of carbonyl (C=O) groups is 1. The molecule has 0 saturated carbocycles. The Kier molecular flexibility index (Phi) is 10.6. The van der Waals surface area contributed by atoms with Crippen LogP contribution >= 0.6 is 0 Å². The monoisotopic (exact) mass is 724 g/mol. The second kappa shape index (κ2) is 14.5. The summed E-state index contributed by atoms with van der Waals surface area (Å²) in [5.74, 6) is -2.35. The van der Waals surface area contributed by atoms with Crippen LogP contribution in [0, 0.1) is 0 Å². The maximum atomic E-state index is 13.4. The molecule has 4 aromatic carbocycles. The van der Waals surface area contributed by atoms with Crippen molar-refractivity contribution in [1.29, 1.82) is 0 Å². The van der Waals surface area contributed by atoms with Crippen LogP contribution in [0.15, 0.2) is 121 Å². The normalized spacial score (nSPS) is 22.9. The molecule has 0 aromatic heterocycles. The van der Waals surface area contributed by atoms with E-state index in [0.29, 0.717) is 0 Å². The highest BCUT2D eigenvalue weighted by atomic mass is 28.4. The molecule has 51 heavy (non-hydrogen) atoms. The van der Waals surface area contributed by atoms with E-state index in [1.165, 1.54) is 0 Å². The third-order valence-corrected chi connectivity index (χ3v) is 20.5. The fourth-order valence-corrected chi connectivity index (χ4v) is 17.4. The van der Waals surface area contributed by atoms with Crippen LogP contribution in [0.25, 0.3) is 0 Å². The van der Waals surface area contributed by atoms with Crippen molar-refractivity contribution in [3.05, 3.63) is 121 Å². The third kappa shape index (κ3) is 6.70. The molecule has 2 bridgehead atoms. The first kappa shape index (κ1) is 37.3. The van der Waals surface area contributed by atoms with Gasteiger partial charge in [-0.15, -0.1) is 0 Å². The fourth-order valence-electron chi connectivity index (χ4n) is 8.18. The first-order valence-electron chi connectivity index (χ1n) is 18.0. The van der Waals surface area contributed by atoms with Gasteiger partial charge in [-0.05, 0) is 37.7 Å². The van der Waals surface area contributed by atoms with Gasteiger partial charge in [-0.2, -0.15) is 0 Å². The minimum atomic E-state index is -3.19. The average Bonchev–Trinajstić information content (AvgIpc) is 3.67. The Hall–Kier alpha value is -3.42. The largest absolute Gasteiger partial charge is 0.462 e. The Labute approximate surface area is 305 Å². The summed E-state index contributed by atoms with van der Waals surface area (Å²) >= 11 is 0. The number of esters is 1. The second-order valence-corrected chi connectivity index (χ2v) is 24.3. The number of aliphatic hydroxyl groups is 1. The molecule has 0 radical (unpaired) electrons.